The molecule has 1 aliphatic carbocycles. The lowest BCUT2D eigenvalue weighted by Gasteiger charge is -2.46. The Bertz CT molecular complexity index is 5120. The molecule has 0 atom stereocenters. The molecule has 0 fully saturated rings. The van der Waals surface area contributed by atoms with E-state index in [0.717, 1.165) is 17.1 Å². The fraction of sp³-hybridized carbons (Fsp3) is 0.0123. The van der Waals surface area contributed by atoms with Crippen molar-refractivity contribution in [2.75, 3.05) is 4.90 Å². The molecule has 1 aliphatic heterocycles. The first-order valence-corrected chi connectivity index (χ1v) is 29.2. The lowest BCUT2D eigenvalue weighted by molar-refractivity contribution is 0.753. The van der Waals surface area contributed by atoms with Crippen LogP contribution in [0.5, 0.6) is 0 Å². The van der Waals surface area contributed by atoms with Gasteiger partial charge in [0.25, 0.3) is 0 Å². The summed E-state index contributed by atoms with van der Waals surface area (Å²) >= 11 is 0. The summed E-state index contributed by atoms with van der Waals surface area (Å²) in [6, 6.07) is 116. The minimum atomic E-state index is -0.627. The van der Waals surface area contributed by atoms with Crippen LogP contribution in [0.3, 0.4) is 0 Å². The Kier molecular flexibility index (Phi) is 10.0. The second-order valence-electron chi connectivity index (χ2n) is 22.6. The fourth-order valence-corrected chi connectivity index (χ4v) is 15.3. The fourth-order valence-electron chi connectivity index (χ4n) is 15.3. The molecule has 3 nitrogen and oxygen atoms in total. The molecule has 14 aromatic carbocycles. The predicted molar refractivity (Wildman–Crippen MR) is 352 cm³/mol. The summed E-state index contributed by atoms with van der Waals surface area (Å²) in [4.78, 5) is 2.57. The van der Waals surface area contributed by atoms with Gasteiger partial charge in [-0.1, -0.05) is 249 Å². The third-order valence-corrected chi connectivity index (χ3v) is 18.5. The first kappa shape index (κ1) is 46.7. The lowest BCUT2D eigenvalue weighted by atomic mass is 9.64. The zero-order chi connectivity index (χ0) is 55.0. The SMILES string of the molecule is c1ccc(N2c3ccccc3C3(c4ccccc4-c4ccccc43)c3cccc(-c4c5cccc(-c6cccc7c8ccccc8n(-c8ccccc8)c67)c5cc5c(-c6cccc7c8ccccc8n(-c8ccccc8)c67)cccc45)c32)cc1. The molecule has 18 rings (SSSR count). The standard InChI is InChI=1S/C81H51N3/c1-4-25-52(26-5-1)82-74-48-17-12-33-59(74)65-41-22-39-63(78(65)82)55-35-20-37-61-68(55)51-69-56(64-40-23-42-66-60-34-13-18-49-75(60)83(79(64)66)53-27-6-2-7-28-53)36-21-38-62(69)77(61)67-43-24-47-73-80(67)84(54-29-8-3-9-30-54)76-50-19-16-46-72(76)81(73)70-44-14-10-31-57(70)58-32-11-15-45-71(58)81/h1-51H. The van der Waals surface area contributed by atoms with Crippen molar-refractivity contribution < 1.29 is 0 Å². The van der Waals surface area contributed by atoms with Crippen LogP contribution in [0.1, 0.15) is 22.3 Å². The largest absolute Gasteiger partial charge is 0.309 e. The molecule has 0 amide bonds. The molecule has 0 saturated heterocycles. The average Bonchev–Trinajstić information content (AvgIpc) is 2.46. The summed E-state index contributed by atoms with van der Waals surface area (Å²) in [5.74, 6) is 0. The van der Waals surface area contributed by atoms with E-state index in [-0.39, 0.29) is 0 Å². The highest BCUT2D eigenvalue weighted by molar-refractivity contribution is 6.25. The molecule has 84 heavy (non-hydrogen) atoms. The molecule has 0 radical (unpaired) electrons. The number of para-hydroxylation sites is 9. The molecular formula is C81H51N3. The van der Waals surface area contributed by atoms with E-state index in [0.29, 0.717) is 0 Å². The Labute approximate surface area is 486 Å². The molecule has 1 spiro atoms. The Morgan fingerprint density at radius 3 is 1.13 bits per heavy atom. The van der Waals surface area contributed by atoms with E-state index in [1.807, 2.05) is 0 Å². The molecule has 3 heterocycles. The van der Waals surface area contributed by atoms with Gasteiger partial charge in [-0.05, 0) is 132 Å². The van der Waals surface area contributed by atoms with Crippen LogP contribution < -0.4 is 4.90 Å². The topological polar surface area (TPSA) is 13.1 Å². The third kappa shape index (κ3) is 6.35. The highest BCUT2D eigenvalue weighted by Gasteiger charge is 2.52. The van der Waals surface area contributed by atoms with Gasteiger partial charge in [0.2, 0.25) is 0 Å². The number of nitrogens with zero attached hydrogens (tertiary/aromatic N) is 3. The van der Waals surface area contributed by atoms with Crippen molar-refractivity contribution in [3.8, 4) is 55.9 Å². The number of rotatable bonds is 6. The normalized spacial score (nSPS) is 13.1. The van der Waals surface area contributed by atoms with Gasteiger partial charge in [0.1, 0.15) is 0 Å². The molecule has 2 aliphatic rings. The number of anilines is 3. The Morgan fingerprint density at radius 2 is 0.595 bits per heavy atom. The molecule has 0 unspecified atom stereocenters. The van der Waals surface area contributed by atoms with Crippen molar-refractivity contribution in [3.05, 3.63) is 332 Å². The molecule has 2 aromatic heterocycles. The molecule has 390 valence electrons. The van der Waals surface area contributed by atoms with Gasteiger partial charge in [0, 0.05) is 55.3 Å². The molecule has 0 saturated carbocycles. The molecule has 16 aromatic rings. The minimum absolute atomic E-state index is 0.627. The van der Waals surface area contributed by atoms with Crippen molar-refractivity contribution in [2.24, 2.45) is 0 Å². The maximum atomic E-state index is 2.57. The number of fused-ring (bicyclic) bond motifs is 17. The van der Waals surface area contributed by atoms with Gasteiger partial charge < -0.3 is 14.0 Å². The van der Waals surface area contributed by atoms with Crippen LogP contribution >= 0.6 is 0 Å². The molecular weight excluding hydrogens is 1010 g/mol. The van der Waals surface area contributed by atoms with Crippen molar-refractivity contribution in [3.63, 3.8) is 0 Å². The van der Waals surface area contributed by atoms with Gasteiger partial charge in [-0.25, -0.2) is 0 Å². The van der Waals surface area contributed by atoms with E-state index in [2.05, 4.69) is 323 Å². The van der Waals surface area contributed by atoms with Crippen LogP contribution in [0.2, 0.25) is 0 Å². The summed E-state index contributed by atoms with van der Waals surface area (Å²) in [5, 5.41) is 9.67. The first-order valence-electron chi connectivity index (χ1n) is 29.2. The number of benzene rings is 14. The Balaban J connectivity index is 1.02. The maximum absolute atomic E-state index is 2.57. The van der Waals surface area contributed by atoms with Crippen molar-refractivity contribution in [1.29, 1.82) is 0 Å². The second-order valence-corrected chi connectivity index (χ2v) is 22.6. The second kappa shape index (κ2) is 18.0. The highest BCUT2D eigenvalue weighted by atomic mass is 15.2. The third-order valence-electron chi connectivity index (χ3n) is 18.5. The first-order chi connectivity index (χ1) is 41.8. The van der Waals surface area contributed by atoms with Gasteiger partial charge in [-0.15, -0.1) is 0 Å². The van der Waals surface area contributed by atoms with Crippen molar-refractivity contribution in [1.82, 2.24) is 9.13 Å². The summed E-state index contributed by atoms with van der Waals surface area (Å²) < 4.78 is 4.96. The summed E-state index contributed by atoms with van der Waals surface area (Å²) in [6.07, 6.45) is 0. The van der Waals surface area contributed by atoms with Gasteiger partial charge >= 0.3 is 0 Å². The van der Waals surface area contributed by atoms with Crippen LogP contribution in [0.25, 0.3) is 121 Å². The van der Waals surface area contributed by atoms with Gasteiger partial charge in [0.05, 0.1) is 38.9 Å². The van der Waals surface area contributed by atoms with Gasteiger partial charge in [0.15, 0.2) is 0 Å². The van der Waals surface area contributed by atoms with Crippen LogP contribution in [0.15, 0.2) is 309 Å². The van der Waals surface area contributed by atoms with Gasteiger partial charge in [-0.3, -0.25) is 0 Å². The van der Waals surface area contributed by atoms with E-state index < -0.39 is 5.41 Å². The van der Waals surface area contributed by atoms with E-state index in [9.17, 15) is 0 Å². The lowest BCUT2D eigenvalue weighted by Crippen LogP contribution is -2.36. The number of aromatic nitrogens is 2. The zero-order valence-corrected chi connectivity index (χ0v) is 45.8. The van der Waals surface area contributed by atoms with E-state index >= 15 is 0 Å². The number of hydrogen-bond acceptors (Lipinski definition) is 1. The van der Waals surface area contributed by atoms with Crippen molar-refractivity contribution >= 4 is 82.2 Å². The average molecular weight is 1070 g/mol. The monoisotopic (exact) mass is 1070 g/mol. The zero-order valence-electron chi connectivity index (χ0n) is 45.8. The highest BCUT2D eigenvalue weighted by Crippen LogP contribution is 2.65. The van der Waals surface area contributed by atoms with Crippen LogP contribution in [0, 0.1) is 0 Å². The smallest absolute Gasteiger partial charge is 0.0754 e. The maximum Gasteiger partial charge on any atom is 0.0754 e. The molecule has 0 bridgehead atoms. The van der Waals surface area contributed by atoms with Crippen LogP contribution in [0.4, 0.5) is 17.1 Å². The Morgan fingerprint density at radius 1 is 0.226 bits per heavy atom. The van der Waals surface area contributed by atoms with Crippen LogP contribution in [-0.4, -0.2) is 9.13 Å². The summed E-state index contributed by atoms with van der Waals surface area (Å²) in [5.41, 5.74) is 24.6. The van der Waals surface area contributed by atoms with Crippen LogP contribution in [-0.2, 0) is 5.41 Å². The van der Waals surface area contributed by atoms with E-state index in [1.165, 1.54) is 143 Å². The molecule has 0 N–H and O–H groups in total. The summed E-state index contributed by atoms with van der Waals surface area (Å²) in [7, 11) is 0. The number of hydrogen-bond donors (Lipinski definition) is 0. The Hall–Kier alpha value is -11.0. The minimum Gasteiger partial charge on any atom is -0.309 e. The summed E-state index contributed by atoms with van der Waals surface area (Å²) in [6.45, 7) is 0. The van der Waals surface area contributed by atoms with Gasteiger partial charge in [-0.2, -0.15) is 0 Å². The van der Waals surface area contributed by atoms with E-state index in [4.69, 9.17) is 0 Å². The van der Waals surface area contributed by atoms with Crippen molar-refractivity contribution in [2.45, 2.75) is 5.41 Å². The quantitative estimate of drug-likeness (QED) is 0.151. The predicted octanol–water partition coefficient (Wildman–Crippen LogP) is 21.3. The molecule has 3 heteroatoms. The van der Waals surface area contributed by atoms with E-state index in [1.54, 1.807) is 0 Å².